The maximum atomic E-state index is 12.8. The molecule has 1 heterocycles. The maximum Gasteiger partial charge on any atom is 0.417 e. The van der Waals surface area contributed by atoms with Crippen molar-refractivity contribution in [1.82, 2.24) is 0 Å². The molecule has 1 aromatic rings. The van der Waals surface area contributed by atoms with Gasteiger partial charge in [-0.05, 0) is 24.6 Å². The first-order valence-electron chi connectivity index (χ1n) is 5.53. The minimum absolute atomic E-state index is 0.334. The van der Waals surface area contributed by atoms with E-state index in [1.165, 1.54) is 6.07 Å². The van der Waals surface area contributed by atoms with Crippen LogP contribution in [0.4, 0.5) is 18.9 Å². The zero-order valence-electron chi connectivity index (χ0n) is 9.54. The van der Waals surface area contributed by atoms with Crippen molar-refractivity contribution in [2.75, 3.05) is 18.0 Å². The lowest BCUT2D eigenvalue weighted by Gasteiger charge is -2.26. The minimum atomic E-state index is -4.49. The normalized spacial score (nSPS) is 15.6. The molecule has 0 atom stereocenters. The largest absolute Gasteiger partial charge is 0.417 e. The van der Waals surface area contributed by atoms with Crippen molar-refractivity contribution < 1.29 is 13.2 Å². The van der Waals surface area contributed by atoms with Crippen molar-refractivity contribution in [3.63, 3.8) is 0 Å². The Morgan fingerprint density at radius 1 is 1.22 bits per heavy atom. The van der Waals surface area contributed by atoms with Crippen LogP contribution in [0, 0.1) is 11.3 Å². The van der Waals surface area contributed by atoms with Gasteiger partial charge >= 0.3 is 6.18 Å². The molecule has 0 bridgehead atoms. The van der Waals surface area contributed by atoms with E-state index in [2.05, 4.69) is 0 Å². The van der Waals surface area contributed by atoms with Crippen LogP contribution in [0.15, 0.2) is 30.4 Å². The summed E-state index contributed by atoms with van der Waals surface area (Å²) in [6.45, 7) is 1.29. The van der Waals surface area contributed by atoms with E-state index < -0.39 is 11.7 Å². The topological polar surface area (TPSA) is 27.0 Å². The summed E-state index contributed by atoms with van der Waals surface area (Å²) in [7, 11) is 0. The number of anilines is 1. The molecule has 2 rings (SSSR count). The molecule has 0 N–H and O–H groups in total. The van der Waals surface area contributed by atoms with Gasteiger partial charge < -0.3 is 4.90 Å². The Balaban J connectivity index is 2.40. The molecular weight excluding hydrogens is 241 g/mol. The number of hydrogen-bond donors (Lipinski definition) is 0. The van der Waals surface area contributed by atoms with Gasteiger partial charge in [0.25, 0.3) is 0 Å². The first-order chi connectivity index (χ1) is 8.52. The number of halogens is 3. The Hall–Kier alpha value is -1.96. The quantitative estimate of drug-likeness (QED) is 0.717. The molecule has 0 amide bonds. The second kappa shape index (κ2) is 4.73. The number of nitrogens with zero attached hydrogens (tertiary/aromatic N) is 2. The molecule has 0 saturated carbocycles. The second-order valence-corrected chi connectivity index (χ2v) is 4.05. The van der Waals surface area contributed by atoms with Crippen LogP contribution >= 0.6 is 0 Å². The van der Waals surface area contributed by atoms with E-state index in [9.17, 15) is 13.2 Å². The molecule has 1 aliphatic heterocycles. The van der Waals surface area contributed by atoms with Crippen molar-refractivity contribution in [2.45, 2.75) is 12.6 Å². The van der Waals surface area contributed by atoms with Crippen LogP contribution < -0.4 is 4.90 Å². The molecule has 94 valence electrons. The molecule has 0 aliphatic carbocycles. The summed E-state index contributed by atoms with van der Waals surface area (Å²) in [6, 6.07) is 5.43. The molecule has 5 heteroatoms. The zero-order chi connectivity index (χ0) is 13.2. The third-order valence-corrected chi connectivity index (χ3v) is 2.85. The molecule has 18 heavy (non-hydrogen) atoms. The fourth-order valence-electron chi connectivity index (χ4n) is 1.94. The standard InChI is InChI=1S/C13H11F3N2/c14-13(15,16)12-8-11(5-4-10(12)9-17)18-6-2-1-3-7-18/h1-2,4-5,8H,3,6-7H2. The van der Waals surface area contributed by atoms with E-state index in [0.717, 1.165) is 12.5 Å². The highest BCUT2D eigenvalue weighted by atomic mass is 19.4. The van der Waals surface area contributed by atoms with Crippen LogP contribution in [0.25, 0.3) is 0 Å². The fraction of sp³-hybridized carbons (Fsp3) is 0.308. The van der Waals surface area contributed by atoms with Crippen LogP contribution in [0.3, 0.4) is 0 Å². The molecule has 0 fully saturated rings. The molecule has 2 nitrogen and oxygen atoms in total. The van der Waals surface area contributed by atoms with E-state index in [1.807, 2.05) is 17.1 Å². The highest BCUT2D eigenvalue weighted by molar-refractivity contribution is 5.55. The monoisotopic (exact) mass is 252 g/mol. The summed E-state index contributed by atoms with van der Waals surface area (Å²) in [5.41, 5.74) is -0.693. The molecule has 1 aromatic carbocycles. The highest BCUT2D eigenvalue weighted by Gasteiger charge is 2.34. The minimum Gasteiger partial charge on any atom is -0.367 e. The van der Waals surface area contributed by atoms with Gasteiger partial charge in [0.05, 0.1) is 17.2 Å². The SMILES string of the molecule is N#Cc1ccc(N2CC=CCC2)cc1C(F)(F)F. The van der Waals surface area contributed by atoms with Gasteiger partial charge in [-0.15, -0.1) is 0 Å². The number of benzene rings is 1. The lowest BCUT2D eigenvalue weighted by molar-refractivity contribution is -0.137. The Bertz CT molecular complexity index is 512. The fourth-order valence-corrected chi connectivity index (χ4v) is 1.94. The second-order valence-electron chi connectivity index (χ2n) is 4.05. The highest BCUT2D eigenvalue weighted by Crippen LogP contribution is 2.34. The summed E-state index contributed by atoms with van der Waals surface area (Å²) < 4.78 is 38.4. The van der Waals surface area contributed by atoms with Gasteiger partial charge in [-0.25, -0.2) is 0 Å². The number of nitriles is 1. The van der Waals surface area contributed by atoms with Gasteiger partial charge in [-0.3, -0.25) is 0 Å². The number of rotatable bonds is 1. The summed E-state index contributed by atoms with van der Waals surface area (Å²) in [5.74, 6) is 0. The first-order valence-corrected chi connectivity index (χ1v) is 5.53. The molecule has 0 radical (unpaired) electrons. The molecular formula is C13H11F3N2. The predicted molar refractivity (Wildman–Crippen MR) is 62.1 cm³/mol. The summed E-state index contributed by atoms with van der Waals surface area (Å²) in [5, 5.41) is 8.71. The molecule has 0 saturated heterocycles. The van der Waals surface area contributed by atoms with Gasteiger partial charge in [0.1, 0.15) is 0 Å². The van der Waals surface area contributed by atoms with Crippen molar-refractivity contribution in [3.05, 3.63) is 41.5 Å². The van der Waals surface area contributed by atoms with Gasteiger partial charge in [-0.2, -0.15) is 18.4 Å². The van der Waals surface area contributed by atoms with E-state index in [0.29, 0.717) is 18.8 Å². The zero-order valence-corrected chi connectivity index (χ0v) is 9.54. The predicted octanol–water partition coefficient (Wildman–Crippen LogP) is 3.34. The Kier molecular flexibility index (Phi) is 3.28. The number of hydrogen-bond acceptors (Lipinski definition) is 2. The number of alkyl halides is 3. The molecule has 1 aliphatic rings. The van der Waals surface area contributed by atoms with Crippen LogP contribution in [0.1, 0.15) is 17.5 Å². The van der Waals surface area contributed by atoms with Gasteiger partial charge in [0.15, 0.2) is 0 Å². The van der Waals surface area contributed by atoms with Crippen molar-refractivity contribution >= 4 is 5.69 Å². The summed E-state index contributed by atoms with van der Waals surface area (Å²) in [6.07, 6.45) is 0.258. The molecule has 0 aromatic heterocycles. The Labute approximate surface area is 103 Å². The van der Waals surface area contributed by atoms with Crippen molar-refractivity contribution in [2.24, 2.45) is 0 Å². The van der Waals surface area contributed by atoms with E-state index in [-0.39, 0.29) is 5.56 Å². The van der Waals surface area contributed by atoms with E-state index in [4.69, 9.17) is 5.26 Å². The Morgan fingerprint density at radius 2 is 2.00 bits per heavy atom. The molecule has 0 spiro atoms. The van der Waals surface area contributed by atoms with Gasteiger partial charge in [0.2, 0.25) is 0 Å². The van der Waals surface area contributed by atoms with Crippen LogP contribution in [-0.4, -0.2) is 13.1 Å². The Morgan fingerprint density at radius 3 is 2.56 bits per heavy atom. The van der Waals surface area contributed by atoms with Crippen LogP contribution in [-0.2, 0) is 6.18 Å². The average molecular weight is 252 g/mol. The third kappa shape index (κ3) is 2.48. The van der Waals surface area contributed by atoms with Gasteiger partial charge in [-0.1, -0.05) is 12.2 Å². The van der Waals surface area contributed by atoms with Crippen molar-refractivity contribution in [3.8, 4) is 6.07 Å². The smallest absolute Gasteiger partial charge is 0.367 e. The van der Waals surface area contributed by atoms with Crippen molar-refractivity contribution in [1.29, 1.82) is 5.26 Å². The lowest BCUT2D eigenvalue weighted by atomic mass is 10.1. The van der Waals surface area contributed by atoms with Crippen LogP contribution in [0.5, 0.6) is 0 Å². The lowest BCUT2D eigenvalue weighted by Crippen LogP contribution is -2.27. The molecule has 0 unspecified atom stereocenters. The maximum absolute atomic E-state index is 12.8. The summed E-state index contributed by atoms with van der Waals surface area (Å²) in [4.78, 5) is 1.86. The van der Waals surface area contributed by atoms with E-state index >= 15 is 0 Å². The average Bonchev–Trinajstić information content (AvgIpc) is 2.38. The van der Waals surface area contributed by atoms with Crippen LogP contribution in [0.2, 0.25) is 0 Å². The van der Waals surface area contributed by atoms with E-state index in [1.54, 1.807) is 12.1 Å². The third-order valence-electron chi connectivity index (χ3n) is 2.85. The first kappa shape index (κ1) is 12.5. The summed E-state index contributed by atoms with van der Waals surface area (Å²) >= 11 is 0. The van der Waals surface area contributed by atoms with Gasteiger partial charge in [0, 0.05) is 18.8 Å².